The van der Waals surface area contributed by atoms with Crippen LogP contribution in [0.15, 0.2) is 59.5 Å². The predicted molar refractivity (Wildman–Crippen MR) is 90.7 cm³/mol. The number of rotatable bonds is 5. The summed E-state index contributed by atoms with van der Waals surface area (Å²) in [5.41, 5.74) is 4.87. The maximum atomic E-state index is 13.0. The van der Waals surface area contributed by atoms with Crippen LogP contribution in [-0.2, 0) is 14.6 Å². The van der Waals surface area contributed by atoms with Crippen LogP contribution in [0.1, 0.15) is 11.5 Å². The van der Waals surface area contributed by atoms with E-state index in [1.54, 1.807) is 30.3 Å². The molecular weight excluding hydrogens is 350 g/mol. The second-order valence-electron chi connectivity index (χ2n) is 5.86. The first-order valence-electron chi connectivity index (χ1n) is 7.33. The standard InChI is InChI=1S/C17H16ClNO4S/c18-12-6-8-13(9-7-12)24(22,23)15-14(11-4-2-1-3-5-11)17(15,10-19)16(20)21/h1-9,14-15H,10,19H2,(H,20,21)/t14-,15+,17-/m0/s1. The highest BCUT2D eigenvalue weighted by Crippen LogP contribution is 2.63. The summed E-state index contributed by atoms with van der Waals surface area (Å²) in [6.45, 7) is -0.251. The van der Waals surface area contributed by atoms with E-state index >= 15 is 0 Å². The van der Waals surface area contributed by atoms with Gasteiger partial charge in [-0.15, -0.1) is 0 Å². The number of hydrogen-bond acceptors (Lipinski definition) is 4. The summed E-state index contributed by atoms with van der Waals surface area (Å²) in [4.78, 5) is 11.9. The number of sulfone groups is 1. The Balaban J connectivity index is 2.11. The van der Waals surface area contributed by atoms with E-state index < -0.39 is 32.4 Å². The molecule has 7 heteroatoms. The molecule has 0 saturated heterocycles. The molecule has 0 aromatic heterocycles. The van der Waals surface area contributed by atoms with Crippen LogP contribution in [-0.4, -0.2) is 31.3 Å². The number of hydrogen-bond donors (Lipinski definition) is 2. The highest BCUT2D eigenvalue weighted by atomic mass is 35.5. The van der Waals surface area contributed by atoms with E-state index in [0.717, 1.165) is 0 Å². The van der Waals surface area contributed by atoms with Crippen molar-refractivity contribution in [3.63, 3.8) is 0 Å². The SMILES string of the molecule is NC[C@@]1(C(=O)O)[C@H](S(=O)(=O)c2ccc(Cl)cc2)[C@@H]1c1ccccc1. The first-order chi connectivity index (χ1) is 11.4. The van der Waals surface area contributed by atoms with Crippen LogP contribution in [0.25, 0.3) is 0 Å². The minimum atomic E-state index is -3.86. The molecule has 0 amide bonds. The topological polar surface area (TPSA) is 97.5 Å². The van der Waals surface area contributed by atoms with Crippen molar-refractivity contribution >= 4 is 27.4 Å². The summed E-state index contributed by atoms with van der Waals surface area (Å²) in [5.74, 6) is -1.87. The van der Waals surface area contributed by atoms with Crippen LogP contribution in [0.5, 0.6) is 0 Å². The van der Waals surface area contributed by atoms with Gasteiger partial charge in [0.15, 0.2) is 9.84 Å². The molecule has 0 heterocycles. The number of benzene rings is 2. The lowest BCUT2D eigenvalue weighted by Crippen LogP contribution is -2.31. The van der Waals surface area contributed by atoms with Crippen molar-refractivity contribution in [1.29, 1.82) is 0 Å². The van der Waals surface area contributed by atoms with Crippen LogP contribution in [0.3, 0.4) is 0 Å². The van der Waals surface area contributed by atoms with Gasteiger partial charge in [-0.2, -0.15) is 0 Å². The average molecular weight is 366 g/mol. The van der Waals surface area contributed by atoms with Crippen LogP contribution < -0.4 is 5.73 Å². The largest absolute Gasteiger partial charge is 0.481 e. The lowest BCUT2D eigenvalue weighted by Gasteiger charge is -2.10. The van der Waals surface area contributed by atoms with Crippen molar-refractivity contribution < 1.29 is 18.3 Å². The summed E-state index contributed by atoms with van der Waals surface area (Å²) in [6.07, 6.45) is 0. The predicted octanol–water partition coefficient (Wildman–Crippen LogP) is 2.31. The van der Waals surface area contributed by atoms with E-state index in [2.05, 4.69) is 0 Å². The minimum absolute atomic E-state index is 0.0504. The summed E-state index contributed by atoms with van der Waals surface area (Å²) >= 11 is 5.81. The third-order valence-electron chi connectivity index (χ3n) is 4.63. The summed E-state index contributed by atoms with van der Waals surface area (Å²) < 4.78 is 26.0. The Morgan fingerprint density at radius 1 is 1.12 bits per heavy atom. The van der Waals surface area contributed by atoms with E-state index in [4.69, 9.17) is 17.3 Å². The molecule has 0 aliphatic heterocycles. The Morgan fingerprint density at radius 2 is 1.71 bits per heavy atom. The van der Waals surface area contributed by atoms with Gasteiger partial charge in [0.1, 0.15) is 5.41 Å². The fourth-order valence-electron chi connectivity index (χ4n) is 3.35. The molecule has 5 nitrogen and oxygen atoms in total. The van der Waals surface area contributed by atoms with E-state index in [1.807, 2.05) is 0 Å². The van der Waals surface area contributed by atoms with Crippen LogP contribution in [0.4, 0.5) is 0 Å². The second-order valence-corrected chi connectivity index (χ2v) is 8.36. The van der Waals surface area contributed by atoms with Crippen molar-refractivity contribution in [1.82, 2.24) is 0 Å². The number of carbonyl (C=O) groups is 1. The summed E-state index contributed by atoms with van der Waals surface area (Å²) in [5, 5.41) is 9.00. The second kappa shape index (κ2) is 5.88. The Morgan fingerprint density at radius 3 is 2.21 bits per heavy atom. The van der Waals surface area contributed by atoms with E-state index in [1.165, 1.54) is 24.3 Å². The molecule has 0 spiro atoms. The molecule has 0 bridgehead atoms. The molecule has 1 fully saturated rings. The quantitative estimate of drug-likeness (QED) is 0.847. The first-order valence-corrected chi connectivity index (χ1v) is 9.26. The van der Waals surface area contributed by atoms with Gasteiger partial charge >= 0.3 is 5.97 Å². The maximum absolute atomic E-state index is 13.0. The fraction of sp³-hybridized carbons (Fsp3) is 0.235. The third-order valence-corrected chi connectivity index (χ3v) is 7.17. The molecule has 1 aliphatic rings. The number of carboxylic acid groups (broad SMARTS) is 1. The molecule has 3 N–H and O–H groups in total. The Labute approximate surface area is 145 Å². The van der Waals surface area contributed by atoms with Crippen molar-refractivity contribution in [3.05, 3.63) is 65.2 Å². The van der Waals surface area contributed by atoms with Gasteiger partial charge in [0.25, 0.3) is 0 Å². The van der Waals surface area contributed by atoms with Gasteiger partial charge in [-0.05, 0) is 29.8 Å². The van der Waals surface area contributed by atoms with Crippen molar-refractivity contribution in [2.45, 2.75) is 16.1 Å². The zero-order valence-electron chi connectivity index (χ0n) is 12.6. The van der Waals surface area contributed by atoms with Crippen molar-refractivity contribution in [2.24, 2.45) is 11.1 Å². The molecule has 126 valence electrons. The Hall–Kier alpha value is -1.89. The molecular formula is C17H16ClNO4S. The average Bonchev–Trinajstić information content (AvgIpc) is 3.28. The zero-order chi connectivity index (χ0) is 17.5. The van der Waals surface area contributed by atoms with E-state index in [-0.39, 0.29) is 11.4 Å². The van der Waals surface area contributed by atoms with Gasteiger partial charge < -0.3 is 10.8 Å². The molecule has 0 unspecified atom stereocenters. The van der Waals surface area contributed by atoms with Crippen LogP contribution in [0, 0.1) is 5.41 Å². The summed E-state index contributed by atoms with van der Waals surface area (Å²) in [6, 6.07) is 14.5. The van der Waals surface area contributed by atoms with Crippen molar-refractivity contribution in [3.8, 4) is 0 Å². The maximum Gasteiger partial charge on any atom is 0.312 e. The van der Waals surface area contributed by atoms with E-state index in [0.29, 0.717) is 10.6 Å². The fourth-order valence-corrected chi connectivity index (χ4v) is 5.86. The van der Waals surface area contributed by atoms with Gasteiger partial charge in [-0.3, -0.25) is 4.79 Å². The van der Waals surface area contributed by atoms with Gasteiger partial charge in [-0.25, -0.2) is 8.42 Å². The van der Waals surface area contributed by atoms with Gasteiger partial charge in [-0.1, -0.05) is 41.9 Å². The molecule has 1 saturated carbocycles. The third kappa shape index (κ3) is 2.42. The highest BCUT2D eigenvalue weighted by molar-refractivity contribution is 7.92. The Kier molecular flexibility index (Phi) is 4.15. The molecule has 0 radical (unpaired) electrons. The Bertz CT molecular complexity index is 867. The van der Waals surface area contributed by atoms with Gasteiger partial charge in [0.05, 0.1) is 10.1 Å². The summed E-state index contributed by atoms with van der Waals surface area (Å²) in [7, 11) is -3.86. The number of nitrogens with two attached hydrogens (primary N) is 1. The molecule has 3 atom stereocenters. The molecule has 3 rings (SSSR count). The molecule has 2 aromatic rings. The number of halogens is 1. The molecule has 24 heavy (non-hydrogen) atoms. The minimum Gasteiger partial charge on any atom is -0.481 e. The number of carboxylic acids is 1. The first kappa shape index (κ1) is 17.0. The zero-order valence-corrected chi connectivity index (χ0v) is 14.2. The van der Waals surface area contributed by atoms with E-state index in [9.17, 15) is 18.3 Å². The molecule has 1 aliphatic carbocycles. The smallest absolute Gasteiger partial charge is 0.312 e. The van der Waals surface area contributed by atoms with Gasteiger partial charge in [0.2, 0.25) is 0 Å². The highest BCUT2D eigenvalue weighted by Gasteiger charge is 2.75. The van der Waals surface area contributed by atoms with Crippen LogP contribution in [0.2, 0.25) is 5.02 Å². The van der Waals surface area contributed by atoms with Gasteiger partial charge in [0, 0.05) is 17.5 Å². The lowest BCUT2D eigenvalue weighted by atomic mass is 9.99. The molecule has 2 aromatic carbocycles. The monoisotopic (exact) mass is 365 g/mol. The van der Waals surface area contributed by atoms with Crippen LogP contribution >= 0.6 is 11.6 Å². The number of aliphatic carboxylic acids is 1. The normalized spacial score (nSPS) is 26.1. The lowest BCUT2D eigenvalue weighted by molar-refractivity contribution is -0.143. The van der Waals surface area contributed by atoms with Crippen molar-refractivity contribution in [2.75, 3.05) is 6.54 Å².